The molecular weight excluding hydrogens is 514 g/mol. The molecule has 1 amide bonds. The Balaban J connectivity index is 1.43. The zero-order valence-electron chi connectivity index (χ0n) is 25.0. The second-order valence-electron chi connectivity index (χ2n) is 12.8. The van der Waals surface area contributed by atoms with Crippen molar-refractivity contribution in [3.8, 4) is 11.4 Å². The van der Waals surface area contributed by atoms with E-state index < -0.39 is 8.32 Å². The Morgan fingerprint density at radius 2 is 1.82 bits per heavy atom. The summed E-state index contributed by atoms with van der Waals surface area (Å²) < 4.78 is 14.6. The van der Waals surface area contributed by atoms with Gasteiger partial charge in [-0.3, -0.25) is 4.79 Å². The van der Waals surface area contributed by atoms with E-state index in [1.165, 1.54) is 5.56 Å². The summed E-state index contributed by atoms with van der Waals surface area (Å²) in [5.41, 5.74) is 4.88. The van der Waals surface area contributed by atoms with Crippen molar-refractivity contribution in [3.05, 3.63) is 83.4 Å². The van der Waals surface area contributed by atoms with Crippen LogP contribution < -0.4 is 4.74 Å². The molecule has 0 spiro atoms. The summed E-state index contributed by atoms with van der Waals surface area (Å²) >= 11 is 0. The van der Waals surface area contributed by atoms with Crippen LogP contribution in [-0.4, -0.2) is 47.9 Å². The molecule has 2 aliphatic rings. The summed E-state index contributed by atoms with van der Waals surface area (Å²) in [6, 6.07) is 16.8. The molecule has 2 saturated heterocycles. The van der Waals surface area contributed by atoms with Crippen molar-refractivity contribution in [2.75, 3.05) is 7.11 Å². The molecule has 1 aromatic heterocycles. The van der Waals surface area contributed by atoms with Gasteiger partial charge in [0, 0.05) is 23.9 Å². The molecule has 3 unspecified atom stereocenters. The number of rotatable bonds is 6. The van der Waals surface area contributed by atoms with E-state index in [0.717, 1.165) is 54.0 Å². The predicted molar refractivity (Wildman–Crippen MR) is 163 cm³/mol. The number of imidazole rings is 1. The van der Waals surface area contributed by atoms with Gasteiger partial charge in [-0.15, -0.1) is 0 Å². The van der Waals surface area contributed by atoms with Crippen molar-refractivity contribution < 1.29 is 14.0 Å². The minimum Gasteiger partial charge on any atom is -0.495 e. The number of benzene rings is 2. The number of aromatic nitrogens is 2. The molecule has 6 nitrogen and oxygen atoms in total. The number of amides is 1. The fraction of sp³-hybridized carbons (Fsp3) is 0.455. The highest BCUT2D eigenvalue weighted by molar-refractivity contribution is 6.74. The highest BCUT2D eigenvalue weighted by Crippen LogP contribution is 2.45. The first kappa shape index (κ1) is 28.4. The largest absolute Gasteiger partial charge is 0.495 e. The maximum atomic E-state index is 14.1. The monoisotopic (exact) mass is 557 g/mol. The third kappa shape index (κ3) is 5.67. The minimum atomic E-state index is -1.93. The normalized spacial score (nSPS) is 22.9. The van der Waals surface area contributed by atoms with Gasteiger partial charge in [-0.25, -0.2) is 4.98 Å². The molecule has 3 heterocycles. The molecule has 2 fully saturated rings. The van der Waals surface area contributed by atoms with E-state index in [1.807, 2.05) is 48.0 Å². The van der Waals surface area contributed by atoms with E-state index >= 15 is 0 Å². The van der Waals surface area contributed by atoms with Crippen molar-refractivity contribution in [1.29, 1.82) is 0 Å². The molecule has 0 saturated carbocycles. The van der Waals surface area contributed by atoms with Gasteiger partial charge in [0.15, 0.2) is 8.32 Å². The summed E-state index contributed by atoms with van der Waals surface area (Å²) in [6.45, 7) is 13.5. The van der Waals surface area contributed by atoms with Gasteiger partial charge in [0.25, 0.3) is 5.91 Å². The van der Waals surface area contributed by atoms with Crippen LogP contribution in [-0.2, 0) is 9.22 Å². The first-order valence-corrected chi connectivity index (χ1v) is 17.3. The highest BCUT2D eigenvalue weighted by atomic mass is 28.4. The smallest absolute Gasteiger partial charge is 0.250 e. The summed E-state index contributed by atoms with van der Waals surface area (Å²) in [7, 11) is -0.253. The molecule has 3 aromatic rings. The maximum absolute atomic E-state index is 14.1. The molecule has 0 aliphatic carbocycles. The Kier molecular flexibility index (Phi) is 7.81. The van der Waals surface area contributed by atoms with Gasteiger partial charge in [-0.2, -0.15) is 0 Å². The van der Waals surface area contributed by atoms with E-state index in [0.29, 0.717) is 0 Å². The first-order chi connectivity index (χ1) is 19.0. The van der Waals surface area contributed by atoms with E-state index in [1.54, 1.807) is 13.4 Å². The Morgan fingerprint density at radius 1 is 1.07 bits per heavy atom. The number of hydrogen-bond acceptors (Lipinski definition) is 4. The number of piperidine rings is 2. The van der Waals surface area contributed by atoms with Crippen molar-refractivity contribution in [2.24, 2.45) is 0 Å². The number of fused-ring (bicyclic) bond motifs is 1. The third-order valence-corrected chi connectivity index (χ3v) is 13.5. The van der Waals surface area contributed by atoms with E-state index in [2.05, 4.69) is 68.0 Å². The lowest BCUT2D eigenvalue weighted by Crippen LogP contribution is -2.55. The van der Waals surface area contributed by atoms with Gasteiger partial charge in [0.1, 0.15) is 5.75 Å². The van der Waals surface area contributed by atoms with Gasteiger partial charge in [-0.1, -0.05) is 57.2 Å². The standard InChI is InChI=1S/C33H43N3O3Si/c1-23-21-35(22-34-23)29-16-13-24(18-31(29)38-5)17-26-14-15-27-19-28(39-40(6,7)33(2,3)4)20-30(36(27)32(26)37)25-11-9-8-10-12-25/h8-13,16-18,21-22,27-28,30H,14-15,19-20H2,1-7H3/b26-17-. The number of carbonyl (C=O) groups excluding carboxylic acids is 1. The topological polar surface area (TPSA) is 56.6 Å². The van der Waals surface area contributed by atoms with Crippen LogP contribution in [0.3, 0.4) is 0 Å². The Morgan fingerprint density at radius 3 is 2.48 bits per heavy atom. The number of aryl methyl sites for hydroxylation is 1. The zero-order chi connectivity index (χ0) is 28.7. The molecule has 3 atom stereocenters. The Bertz CT molecular complexity index is 1390. The van der Waals surface area contributed by atoms with Crippen LogP contribution >= 0.6 is 0 Å². The van der Waals surface area contributed by atoms with E-state index in [9.17, 15) is 4.79 Å². The van der Waals surface area contributed by atoms with Crippen LogP contribution in [0.5, 0.6) is 5.75 Å². The fourth-order valence-electron chi connectivity index (χ4n) is 5.84. The Hall–Kier alpha value is -3.16. The fourth-order valence-corrected chi connectivity index (χ4v) is 7.22. The number of carbonyl (C=O) groups is 1. The average Bonchev–Trinajstić information content (AvgIpc) is 3.35. The van der Waals surface area contributed by atoms with Crippen molar-refractivity contribution >= 4 is 20.3 Å². The van der Waals surface area contributed by atoms with Crippen LogP contribution in [0.1, 0.15) is 69.3 Å². The lowest BCUT2D eigenvalue weighted by molar-refractivity contribution is -0.139. The van der Waals surface area contributed by atoms with E-state index in [4.69, 9.17) is 9.16 Å². The molecular formula is C33H43N3O3Si. The van der Waals surface area contributed by atoms with Crippen LogP contribution in [0, 0.1) is 6.92 Å². The molecule has 7 heteroatoms. The predicted octanol–water partition coefficient (Wildman–Crippen LogP) is 7.49. The SMILES string of the molecule is COc1cc(/C=C2/CCC3CC(O[Si](C)(C)C(C)(C)C)CC(c4ccccc4)N3C2=O)ccc1-n1cnc(C)c1. The van der Waals surface area contributed by atoms with E-state index in [-0.39, 0.29) is 29.1 Å². The second kappa shape index (κ2) is 11.0. The van der Waals surface area contributed by atoms with Crippen molar-refractivity contribution in [3.63, 3.8) is 0 Å². The number of hydrogen-bond donors (Lipinski definition) is 0. The van der Waals surface area contributed by atoms with Crippen LogP contribution in [0.25, 0.3) is 11.8 Å². The summed E-state index contributed by atoms with van der Waals surface area (Å²) in [4.78, 5) is 20.6. The molecule has 0 radical (unpaired) electrons. The number of nitrogens with zero attached hydrogens (tertiary/aromatic N) is 3. The van der Waals surface area contributed by atoms with Crippen LogP contribution in [0.15, 0.2) is 66.6 Å². The molecule has 0 N–H and O–H groups in total. The van der Waals surface area contributed by atoms with Gasteiger partial charge < -0.3 is 18.6 Å². The Labute approximate surface area is 240 Å². The lowest BCUT2D eigenvalue weighted by atomic mass is 9.82. The van der Waals surface area contributed by atoms with Crippen molar-refractivity contribution in [1.82, 2.24) is 14.5 Å². The summed E-state index contributed by atoms with van der Waals surface area (Å²) in [5.74, 6) is 0.891. The van der Waals surface area contributed by atoms with Gasteiger partial charge >= 0.3 is 0 Å². The maximum Gasteiger partial charge on any atom is 0.250 e. The molecule has 212 valence electrons. The van der Waals surface area contributed by atoms with Gasteiger partial charge in [0.2, 0.25) is 0 Å². The quantitative estimate of drug-likeness (QED) is 0.233. The third-order valence-electron chi connectivity index (χ3n) is 8.99. The minimum absolute atomic E-state index is 0.00677. The molecule has 2 aliphatic heterocycles. The molecule has 0 bridgehead atoms. The van der Waals surface area contributed by atoms with Crippen molar-refractivity contribution in [2.45, 2.75) is 89.7 Å². The van der Waals surface area contributed by atoms with Crippen LogP contribution in [0.4, 0.5) is 0 Å². The zero-order valence-corrected chi connectivity index (χ0v) is 26.0. The molecule has 2 aromatic carbocycles. The lowest BCUT2D eigenvalue weighted by Gasteiger charge is -2.50. The number of methoxy groups -OCH3 is 1. The van der Waals surface area contributed by atoms with Gasteiger partial charge in [-0.05, 0) is 80.1 Å². The molecule has 5 rings (SSSR count). The first-order valence-electron chi connectivity index (χ1n) is 14.4. The molecule has 40 heavy (non-hydrogen) atoms. The summed E-state index contributed by atoms with van der Waals surface area (Å²) in [5, 5.41) is 0.151. The summed E-state index contributed by atoms with van der Waals surface area (Å²) in [6.07, 6.45) is 9.42. The second-order valence-corrected chi connectivity index (χ2v) is 17.6. The average molecular weight is 558 g/mol. The van der Waals surface area contributed by atoms with Gasteiger partial charge in [0.05, 0.1) is 30.9 Å². The highest BCUT2D eigenvalue weighted by Gasteiger charge is 2.46. The van der Waals surface area contributed by atoms with Crippen LogP contribution in [0.2, 0.25) is 18.1 Å². The number of ether oxygens (including phenoxy) is 1.